The molecule has 1 aromatic carbocycles. The fourth-order valence-corrected chi connectivity index (χ4v) is 2.04. The Hall–Kier alpha value is -2.46. The minimum absolute atomic E-state index is 0.0886. The minimum atomic E-state index is -0.486. The monoisotopic (exact) mass is 347 g/mol. The molecule has 0 amide bonds. The van der Waals surface area contributed by atoms with Gasteiger partial charge in [-0.05, 0) is 29.3 Å². The molecule has 1 aromatic heterocycles. The molecule has 0 N–H and O–H groups in total. The smallest absolute Gasteiger partial charge is 0.310 e. The van der Waals surface area contributed by atoms with E-state index in [1.165, 1.54) is 12.3 Å². The molecule has 106 valence electrons. The molecule has 0 unspecified atom stereocenters. The number of nitro benzene ring substituents is 1. The summed E-state index contributed by atoms with van der Waals surface area (Å²) in [6, 6.07) is 9.92. The normalized spacial score (nSPS) is 9.90. The molecular formula is C14H10BrN3O3. The van der Waals surface area contributed by atoms with Gasteiger partial charge >= 0.3 is 5.69 Å². The van der Waals surface area contributed by atoms with Crippen LogP contribution in [0.1, 0.15) is 16.8 Å². The van der Waals surface area contributed by atoms with E-state index in [0.717, 1.165) is 11.1 Å². The van der Waals surface area contributed by atoms with Crippen LogP contribution in [0.3, 0.4) is 0 Å². The maximum absolute atomic E-state index is 11.0. The number of aromatic nitrogens is 1. The van der Waals surface area contributed by atoms with Crippen LogP contribution in [0.25, 0.3) is 0 Å². The first-order chi connectivity index (χ1) is 10.1. The van der Waals surface area contributed by atoms with Gasteiger partial charge in [0, 0.05) is 17.6 Å². The molecule has 21 heavy (non-hydrogen) atoms. The summed E-state index contributed by atoms with van der Waals surface area (Å²) < 4.78 is 5.53. The number of nitrogens with zero attached hydrogens (tertiary/aromatic N) is 3. The van der Waals surface area contributed by atoms with E-state index < -0.39 is 4.92 Å². The summed E-state index contributed by atoms with van der Waals surface area (Å²) in [5.74, 6) is 0.201. The summed E-state index contributed by atoms with van der Waals surface area (Å²) in [5, 5.41) is 20.4. The molecule has 0 aliphatic carbocycles. The van der Waals surface area contributed by atoms with Gasteiger partial charge in [-0.25, -0.2) is 4.98 Å². The first kappa shape index (κ1) is 14.9. The lowest BCUT2D eigenvalue weighted by Gasteiger charge is -2.08. The molecule has 6 nitrogen and oxygen atoms in total. The quantitative estimate of drug-likeness (QED) is 0.470. The largest absolute Gasteiger partial charge is 0.482 e. The van der Waals surface area contributed by atoms with Crippen molar-refractivity contribution in [1.82, 2.24) is 4.98 Å². The summed E-state index contributed by atoms with van der Waals surface area (Å²) in [6.45, 7) is 0.129. The van der Waals surface area contributed by atoms with Crippen LogP contribution in [-0.2, 0) is 11.9 Å². The van der Waals surface area contributed by atoms with Crippen LogP contribution in [0.15, 0.2) is 36.5 Å². The fraction of sp³-hybridized carbons (Fsp3) is 0.143. The number of nitro groups is 1. The second-order valence-electron chi connectivity index (χ2n) is 4.14. The van der Waals surface area contributed by atoms with E-state index in [4.69, 9.17) is 10.00 Å². The predicted molar refractivity (Wildman–Crippen MR) is 79.0 cm³/mol. The Morgan fingerprint density at radius 1 is 1.33 bits per heavy atom. The molecule has 0 saturated heterocycles. The number of pyridine rings is 1. The van der Waals surface area contributed by atoms with Crippen molar-refractivity contribution in [1.29, 1.82) is 5.26 Å². The van der Waals surface area contributed by atoms with Gasteiger partial charge in [-0.3, -0.25) is 10.1 Å². The van der Waals surface area contributed by atoms with Gasteiger partial charge in [0.1, 0.15) is 18.4 Å². The van der Waals surface area contributed by atoms with Gasteiger partial charge in [0.2, 0.25) is 0 Å². The van der Waals surface area contributed by atoms with Gasteiger partial charge in [-0.2, -0.15) is 5.26 Å². The summed E-state index contributed by atoms with van der Waals surface area (Å²) in [7, 11) is 0. The third-order valence-corrected chi connectivity index (χ3v) is 3.36. The molecule has 0 radical (unpaired) electrons. The minimum Gasteiger partial charge on any atom is -0.482 e. The molecule has 0 fully saturated rings. The second kappa shape index (κ2) is 6.81. The molecule has 0 saturated carbocycles. The number of rotatable bonds is 5. The third-order valence-electron chi connectivity index (χ3n) is 2.71. The van der Waals surface area contributed by atoms with E-state index >= 15 is 0 Å². The van der Waals surface area contributed by atoms with Crippen LogP contribution in [0.2, 0.25) is 0 Å². The first-order valence-electron chi connectivity index (χ1n) is 5.95. The number of nitriles is 1. The van der Waals surface area contributed by atoms with Crippen molar-refractivity contribution in [3.8, 4) is 11.8 Å². The van der Waals surface area contributed by atoms with Crippen LogP contribution in [0.4, 0.5) is 5.69 Å². The summed E-state index contributed by atoms with van der Waals surface area (Å²) in [4.78, 5) is 14.4. The van der Waals surface area contributed by atoms with E-state index in [2.05, 4.69) is 20.9 Å². The van der Waals surface area contributed by atoms with Gasteiger partial charge in [0.25, 0.3) is 0 Å². The van der Waals surface area contributed by atoms with E-state index in [1.54, 1.807) is 24.3 Å². The number of benzene rings is 1. The van der Waals surface area contributed by atoms with Crippen molar-refractivity contribution >= 4 is 21.6 Å². The molecule has 0 atom stereocenters. The highest BCUT2D eigenvalue weighted by atomic mass is 79.9. The fourth-order valence-electron chi connectivity index (χ4n) is 1.69. The molecule has 0 spiro atoms. The predicted octanol–water partition coefficient (Wildman–Crippen LogP) is 3.34. The molecule has 1 heterocycles. The lowest BCUT2D eigenvalue weighted by atomic mass is 10.2. The Morgan fingerprint density at radius 2 is 2.14 bits per heavy atom. The van der Waals surface area contributed by atoms with Crippen LogP contribution in [0, 0.1) is 21.4 Å². The number of halogens is 1. The van der Waals surface area contributed by atoms with Crippen molar-refractivity contribution in [3.05, 3.63) is 63.5 Å². The second-order valence-corrected chi connectivity index (χ2v) is 4.70. The highest BCUT2D eigenvalue weighted by Gasteiger charge is 2.15. The first-order valence-corrected chi connectivity index (χ1v) is 7.07. The summed E-state index contributed by atoms with van der Waals surface area (Å²) >= 11 is 3.30. The summed E-state index contributed by atoms with van der Waals surface area (Å²) in [6.07, 6.45) is 1.50. The van der Waals surface area contributed by atoms with Crippen LogP contribution in [0.5, 0.6) is 5.75 Å². The number of alkyl halides is 1. The van der Waals surface area contributed by atoms with Gasteiger partial charge in [0.05, 0.1) is 4.92 Å². The molecule has 7 heteroatoms. The Balaban J connectivity index is 2.22. The Morgan fingerprint density at radius 3 is 2.81 bits per heavy atom. The van der Waals surface area contributed by atoms with Gasteiger partial charge in [-0.15, -0.1) is 0 Å². The van der Waals surface area contributed by atoms with E-state index in [-0.39, 0.29) is 23.7 Å². The van der Waals surface area contributed by atoms with Crippen molar-refractivity contribution in [2.24, 2.45) is 0 Å². The number of ether oxygens (including phenoxy) is 1. The molecule has 0 aliphatic rings. The van der Waals surface area contributed by atoms with Crippen LogP contribution >= 0.6 is 15.9 Å². The van der Waals surface area contributed by atoms with E-state index in [1.807, 2.05) is 6.07 Å². The maximum atomic E-state index is 11.0. The molecule has 0 bridgehead atoms. The lowest BCUT2D eigenvalue weighted by molar-refractivity contribution is -0.386. The average molecular weight is 348 g/mol. The summed E-state index contributed by atoms with van der Waals surface area (Å²) in [5.41, 5.74) is 1.79. The number of hydrogen-bond acceptors (Lipinski definition) is 5. The third kappa shape index (κ3) is 3.77. The lowest BCUT2D eigenvalue weighted by Crippen LogP contribution is -2.00. The molecule has 0 aliphatic heterocycles. The van der Waals surface area contributed by atoms with Gasteiger partial charge in [0.15, 0.2) is 5.75 Å². The SMILES string of the molecule is N#Cc1cc(COc2cc(CBr)ccc2[N+](=O)[O-])ccn1. The number of hydrogen-bond donors (Lipinski definition) is 0. The molecular weight excluding hydrogens is 338 g/mol. The Bertz CT molecular complexity index is 713. The zero-order valence-corrected chi connectivity index (χ0v) is 12.4. The van der Waals surface area contributed by atoms with Crippen molar-refractivity contribution in [3.63, 3.8) is 0 Å². The topological polar surface area (TPSA) is 89.0 Å². The van der Waals surface area contributed by atoms with Gasteiger partial charge in [-0.1, -0.05) is 22.0 Å². The Labute approximate surface area is 129 Å². The van der Waals surface area contributed by atoms with Crippen LogP contribution < -0.4 is 4.74 Å². The van der Waals surface area contributed by atoms with Crippen molar-refractivity contribution in [2.45, 2.75) is 11.9 Å². The van der Waals surface area contributed by atoms with E-state index in [9.17, 15) is 10.1 Å². The maximum Gasteiger partial charge on any atom is 0.310 e. The highest BCUT2D eigenvalue weighted by molar-refractivity contribution is 9.08. The standard InChI is InChI=1S/C14H10BrN3O3/c15-7-10-1-2-13(18(19)20)14(6-10)21-9-11-3-4-17-12(5-11)8-16/h1-6H,7,9H2. The average Bonchev–Trinajstić information content (AvgIpc) is 2.52. The van der Waals surface area contributed by atoms with Gasteiger partial charge < -0.3 is 4.74 Å². The van der Waals surface area contributed by atoms with Crippen molar-refractivity contribution in [2.75, 3.05) is 0 Å². The molecule has 2 aromatic rings. The van der Waals surface area contributed by atoms with Crippen LogP contribution in [-0.4, -0.2) is 9.91 Å². The zero-order valence-electron chi connectivity index (χ0n) is 10.8. The van der Waals surface area contributed by atoms with Crippen molar-refractivity contribution < 1.29 is 9.66 Å². The highest BCUT2D eigenvalue weighted by Crippen LogP contribution is 2.29. The molecule has 2 rings (SSSR count). The van der Waals surface area contributed by atoms with E-state index in [0.29, 0.717) is 5.33 Å². The Kier molecular flexibility index (Phi) is 4.85. The zero-order chi connectivity index (χ0) is 15.2.